The Morgan fingerprint density at radius 2 is 1.77 bits per heavy atom. The summed E-state index contributed by atoms with van der Waals surface area (Å²) >= 11 is 0. The van der Waals surface area contributed by atoms with E-state index in [1.807, 2.05) is 13.8 Å². The zero-order valence-electron chi connectivity index (χ0n) is 14.3. The summed E-state index contributed by atoms with van der Waals surface area (Å²) in [5.74, 6) is 0.775. The van der Waals surface area contributed by atoms with Crippen molar-refractivity contribution in [3.63, 3.8) is 0 Å². The van der Waals surface area contributed by atoms with E-state index in [1.165, 1.54) is 11.1 Å². The van der Waals surface area contributed by atoms with Crippen molar-refractivity contribution in [3.05, 3.63) is 35.4 Å². The summed E-state index contributed by atoms with van der Waals surface area (Å²) in [5.41, 5.74) is 2.39. The Kier molecular flexibility index (Phi) is 8.55. The molecule has 124 valence electrons. The van der Waals surface area contributed by atoms with E-state index in [-0.39, 0.29) is 12.1 Å². The van der Waals surface area contributed by atoms with Crippen LogP contribution in [0.4, 0.5) is 0 Å². The van der Waals surface area contributed by atoms with Gasteiger partial charge in [0.05, 0.1) is 19.3 Å². The molecule has 0 saturated heterocycles. The molecule has 0 bridgehead atoms. The maximum Gasteiger partial charge on any atom is 0.191 e. The van der Waals surface area contributed by atoms with Crippen molar-refractivity contribution in [3.8, 4) is 0 Å². The standard InChI is InChI=1S/C17H29N3O2/c1-13(2)22-12-16-8-6-15(7-9-16)10-19-17(18-4)20-14(3)11-21-5/h6-9,13-14H,10-12H2,1-5H3,(H2,18,19,20). The van der Waals surface area contributed by atoms with Crippen LogP contribution in [-0.2, 0) is 22.6 Å². The van der Waals surface area contributed by atoms with E-state index in [9.17, 15) is 0 Å². The highest BCUT2D eigenvalue weighted by Gasteiger charge is 2.04. The number of methoxy groups -OCH3 is 1. The van der Waals surface area contributed by atoms with Gasteiger partial charge in [-0.3, -0.25) is 4.99 Å². The summed E-state index contributed by atoms with van der Waals surface area (Å²) in [5, 5.41) is 6.57. The van der Waals surface area contributed by atoms with Crippen molar-refractivity contribution in [1.82, 2.24) is 10.6 Å². The Balaban J connectivity index is 2.43. The lowest BCUT2D eigenvalue weighted by Crippen LogP contribution is -2.43. The predicted molar refractivity (Wildman–Crippen MR) is 91.0 cm³/mol. The Morgan fingerprint density at radius 1 is 1.14 bits per heavy atom. The smallest absolute Gasteiger partial charge is 0.191 e. The molecule has 2 N–H and O–H groups in total. The molecule has 1 aromatic carbocycles. The van der Waals surface area contributed by atoms with E-state index in [0.29, 0.717) is 13.2 Å². The molecule has 1 aromatic rings. The highest BCUT2D eigenvalue weighted by molar-refractivity contribution is 5.79. The van der Waals surface area contributed by atoms with E-state index in [4.69, 9.17) is 9.47 Å². The van der Waals surface area contributed by atoms with Gasteiger partial charge in [0.2, 0.25) is 0 Å². The molecule has 22 heavy (non-hydrogen) atoms. The van der Waals surface area contributed by atoms with Crippen LogP contribution in [0.25, 0.3) is 0 Å². The van der Waals surface area contributed by atoms with Gasteiger partial charge in [-0.15, -0.1) is 0 Å². The molecular formula is C17H29N3O2. The maximum absolute atomic E-state index is 5.59. The van der Waals surface area contributed by atoms with Crippen molar-refractivity contribution in [1.29, 1.82) is 0 Å². The molecular weight excluding hydrogens is 278 g/mol. The second kappa shape index (κ2) is 10.2. The molecule has 0 spiro atoms. The molecule has 5 nitrogen and oxygen atoms in total. The van der Waals surface area contributed by atoms with Gasteiger partial charge in [0, 0.05) is 26.7 Å². The molecule has 0 fully saturated rings. The van der Waals surface area contributed by atoms with Crippen LogP contribution in [0.5, 0.6) is 0 Å². The Labute approximate surface area is 134 Å². The first-order chi connectivity index (χ1) is 10.5. The third-order valence-electron chi connectivity index (χ3n) is 3.09. The van der Waals surface area contributed by atoms with E-state index in [2.05, 4.69) is 46.8 Å². The van der Waals surface area contributed by atoms with E-state index >= 15 is 0 Å². The summed E-state index contributed by atoms with van der Waals surface area (Å²) in [6.07, 6.45) is 0.254. The summed E-state index contributed by atoms with van der Waals surface area (Å²) in [7, 11) is 3.46. The van der Waals surface area contributed by atoms with Crippen LogP contribution in [-0.4, -0.2) is 38.9 Å². The molecule has 0 aliphatic carbocycles. The van der Waals surface area contributed by atoms with Crippen molar-refractivity contribution < 1.29 is 9.47 Å². The number of rotatable bonds is 8. The number of nitrogens with zero attached hydrogens (tertiary/aromatic N) is 1. The van der Waals surface area contributed by atoms with Crippen LogP contribution < -0.4 is 10.6 Å². The van der Waals surface area contributed by atoms with Gasteiger partial charge in [0.25, 0.3) is 0 Å². The van der Waals surface area contributed by atoms with Crippen molar-refractivity contribution in [2.24, 2.45) is 4.99 Å². The molecule has 1 rings (SSSR count). The zero-order valence-corrected chi connectivity index (χ0v) is 14.3. The number of ether oxygens (including phenoxy) is 2. The molecule has 0 saturated carbocycles. The highest BCUT2D eigenvalue weighted by atomic mass is 16.5. The van der Waals surface area contributed by atoms with Crippen molar-refractivity contribution >= 4 is 5.96 Å². The third-order valence-corrected chi connectivity index (χ3v) is 3.09. The second-order valence-corrected chi connectivity index (χ2v) is 5.60. The zero-order chi connectivity index (χ0) is 16.4. The minimum absolute atomic E-state index is 0.215. The average molecular weight is 307 g/mol. The van der Waals surface area contributed by atoms with Gasteiger partial charge in [-0.05, 0) is 31.9 Å². The second-order valence-electron chi connectivity index (χ2n) is 5.60. The Hall–Kier alpha value is -1.59. The number of hydrogen-bond donors (Lipinski definition) is 2. The summed E-state index contributed by atoms with van der Waals surface area (Å²) < 4.78 is 10.7. The van der Waals surface area contributed by atoms with E-state index in [0.717, 1.165) is 12.5 Å². The number of aliphatic imine (C=N–C) groups is 1. The van der Waals surface area contributed by atoms with Gasteiger partial charge in [-0.2, -0.15) is 0 Å². The van der Waals surface area contributed by atoms with Gasteiger partial charge in [0.15, 0.2) is 5.96 Å². The summed E-state index contributed by atoms with van der Waals surface area (Å²) in [4.78, 5) is 4.21. The molecule has 0 aliphatic rings. The summed E-state index contributed by atoms with van der Waals surface area (Å²) in [6, 6.07) is 8.63. The monoisotopic (exact) mass is 307 g/mol. The average Bonchev–Trinajstić information content (AvgIpc) is 2.50. The molecule has 0 aromatic heterocycles. The third kappa shape index (κ3) is 7.43. The molecule has 1 unspecified atom stereocenters. The van der Waals surface area contributed by atoms with Crippen LogP contribution in [0.2, 0.25) is 0 Å². The number of nitrogens with one attached hydrogen (secondary N) is 2. The van der Waals surface area contributed by atoms with Crippen molar-refractivity contribution in [2.75, 3.05) is 20.8 Å². The molecule has 5 heteroatoms. The molecule has 1 atom stereocenters. The quantitative estimate of drug-likeness (QED) is 0.572. The lowest BCUT2D eigenvalue weighted by molar-refractivity contribution is 0.0657. The fourth-order valence-corrected chi connectivity index (χ4v) is 1.92. The fourth-order valence-electron chi connectivity index (χ4n) is 1.92. The SMILES string of the molecule is CN=C(NCc1ccc(COC(C)C)cc1)NC(C)COC. The van der Waals surface area contributed by atoms with Crippen LogP contribution in [0.3, 0.4) is 0 Å². The van der Waals surface area contributed by atoms with Crippen LogP contribution in [0.1, 0.15) is 31.9 Å². The molecule has 0 radical (unpaired) electrons. The Morgan fingerprint density at radius 3 is 2.32 bits per heavy atom. The lowest BCUT2D eigenvalue weighted by atomic mass is 10.1. The first kappa shape index (κ1) is 18.5. The van der Waals surface area contributed by atoms with Crippen LogP contribution >= 0.6 is 0 Å². The molecule has 0 aliphatic heterocycles. The lowest BCUT2D eigenvalue weighted by Gasteiger charge is -2.17. The number of hydrogen-bond acceptors (Lipinski definition) is 3. The largest absolute Gasteiger partial charge is 0.383 e. The molecule has 0 amide bonds. The Bertz CT molecular complexity index is 444. The summed E-state index contributed by atoms with van der Waals surface area (Å²) in [6.45, 7) is 8.17. The van der Waals surface area contributed by atoms with Crippen LogP contribution in [0, 0.1) is 0 Å². The van der Waals surface area contributed by atoms with Gasteiger partial charge in [-0.25, -0.2) is 0 Å². The van der Waals surface area contributed by atoms with Gasteiger partial charge >= 0.3 is 0 Å². The van der Waals surface area contributed by atoms with Crippen molar-refractivity contribution in [2.45, 2.75) is 46.1 Å². The number of guanidine groups is 1. The topological polar surface area (TPSA) is 54.9 Å². The maximum atomic E-state index is 5.59. The molecule has 0 heterocycles. The number of benzene rings is 1. The first-order valence-electron chi connectivity index (χ1n) is 7.70. The first-order valence-corrected chi connectivity index (χ1v) is 7.70. The van der Waals surface area contributed by atoms with Crippen LogP contribution in [0.15, 0.2) is 29.3 Å². The minimum Gasteiger partial charge on any atom is -0.383 e. The predicted octanol–water partition coefficient (Wildman–Crippen LogP) is 2.31. The minimum atomic E-state index is 0.215. The van der Waals surface area contributed by atoms with Gasteiger partial charge < -0.3 is 20.1 Å². The highest BCUT2D eigenvalue weighted by Crippen LogP contribution is 2.07. The van der Waals surface area contributed by atoms with Gasteiger partial charge in [0.1, 0.15) is 0 Å². The normalized spacial score (nSPS) is 13.3. The van der Waals surface area contributed by atoms with Gasteiger partial charge in [-0.1, -0.05) is 24.3 Å². The fraction of sp³-hybridized carbons (Fsp3) is 0.588. The van der Waals surface area contributed by atoms with E-state index in [1.54, 1.807) is 14.2 Å². The van der Waals surface area contributed by atoms with E-state index < -0.39 is 0 Å².